The summed E-state index contributed by atoms with van der Waals surface area (Å²) in [6.07, 6.45) is 0. The number of thioether (sulfide) groups is 1. The fourth-order valence-electron chi connectivity index (χ4n) is 1.62. The van der Waals surface area contributed by atoms with Crippen LogP contribution in [-0.4, -0.2) is 20.7 Å². The third-order valence-electron chi connectivity index (χ3n) is 2.60. The van der Waals surface area contributed by atoms with E-state index in [4.69, 9.17) is 0 Å². The molecule has 0 unspecified atom stereocenters. The van der Waals surface area contributed by atoms with Crippen molar-refractivity contribution >= 4 is 60.2 Å². The Morgan fingerprint density at radius 2 is 2.11 bits per heavy atom. The number of hydrogen-bond acceptors (Lipinski definition) is 4. The van der Waals surface area contributed by atoms with Gasteiger partial charge in [-0.05, 0) is 32.0 Å². The van der Waals surface area contributed by atoms with E-state index in [9.17, 15) is 4.79 Å². The molecule has 0 fully saturated rings. The Bertz CT molecular complexity index is 690. The normalized spacial score (nSPS) is 18.4. The highest BCUT2D eigenvalue weighted by Crippen LogP contribution is 2.38. The van der Waals surface area contributed by atoms with Crippen molar-refractivity contribution in [3.8, 4) is 0 Å². The molecule has 2 aromatic rings. The highest BCUT2D eigenvalue weighted by atomic mass is 79.9. The maximum Gasteiger partial charge on any atom is 0.262 e. The van der Waals surface area contributed by atoms with Crippen LogP contribution in [0.15, 0.2) is 27.7 Å². The molecular weight excluding hydrogens is 332 g/mol. The molecular formula is C12H9BrN2OS2. The van der Waals surface area contributed by atoms with Gasteiger partial charge in [0.2, 0.25) is 0 Å². The van der Waals surface area contributed by atoms with Crippen molar-refractivity contribution in [3.63, 3.8) is 0 Å². The van der Waals surface area contributed by atoms with Crippen LogP contribution in [0.1, 0.15) is 18.9 Å². The lowest BCUT2D eigenvalue weighted by molar-refractivity contribution is -0.119. The van der Waals surface area contributed by atoms with E-state index in [-0.39, 0.29) is 5.91 Å². The molecule has 0 bridgehead atoms. The summed E-state index contributed by atoms with van der Waals surface area (Å²) in [5.41, 5.74) is 0.943. The number of carbonyl (C=O) groups is 1. The van der Waals surface area contributed by atoms with E-state index in [1.807, 2.05) is 32.0 Å². The maximum absolute atomic E-state index is 11.7. The molecule has 0 N–H and O–H groups in total. The van der Waals surface area contributed by atoms with Crippen LogP contribution in [0.4, 0.5) is 0 Å². The lowest BCUT2D eigenvalue weighted by Crippen LogP contribution is -2.21. The van der Waals surface area contributed by atoms with Gasteiger partial charge in [0.1, 0.15) is 10.1 Å². The summed E-state index contributed by atoms with van der Waals surface area (Å²) in [7, 11) is 0. The zero-order valence-corrected chi connectivity index (χ0v) is 12.9. The van der Waals surface area contributed by atoms with E-state index in [0.29, 0.717) is 0 Å². The molecule has 0 radical (unpaired) electrons. The van der Waals surface area contributed by atoms with Crippen LogP contribution in [0, 0.1) is 0 Å². The number of rotatable bonds is 1. The minimum Gasteiger partial charge on any atom is -0.271 e. The number of benzene rings is 1. The Balaban J connectivity index is 2.06. The number of thiazole rings is 1. The lowest BCUT2D eigenvalue weighted by atomic mass is 10.2. The standard InChI is InChI=1S/C12H9BrN2OS2/c1-12(2)11(16)15-10(18-12)9-14-7-4-3-6(13)5-8(7)17-9/h3-5H,1-2H3. The Morgan fingerprint density at radius 3 is 2.78 bits per heavy atom. The summed E-state index contributed by atoms with van der Waals surface area (Å²) in [4.78, 5) is 20.3. The van der Waals surface area contributed by atoms with Gasteiger partial charge in [0, 0.05) is 4.47 Å². The third-order valence-corrected chi connectivity index (χ3v) is 5.41. The summed E-state index contributed by atoms with van der Waals surface area (Å²) in [6.45, 7) is 3.78. The molecule has 3 nitrogen and oxygen atoms in total. The van der Waals surface area contributed by atoms with E-state index < -0.39 is 4.75 Å². The molecule has 2 heterocycles. The summed E-state index contributed by atoms with van der Waals surface area (Å²) in [6, 6.07) is 5.96. The molecule has 18 heavy (non-hydrogen) atoms. The molecule has 1 aliphatic heterocycles. The number of hydrogen-bond donors (Lipinski definition) is 0. The second-order valence-corrected chi connectivity index (χ2v) is 8.02. The molecule has 1 aromatic carbocycles. The van der Waals surface area contributed by atoms with E-state index in [2.05, 4.69) is 25.9 Å². The summed E-state index contributed by atoms with van der Waals surface area (Å²) in [5, 5.41) is 1.56. The van der Waals surface area contributed by atoms with Crippen molar-refractivity contribution in [1.29, 1.82) is 0 Å². The molecule has 1 aromatic heterocycles. The Morgan fingerprint density at radius 1 is 1.33 bits per heavy atom. The SMILES string of the molecule is CC1(C)SC(c2nc3ccc(Br)cc3s2)=NC1=O. The molecule has 0 saturated carbocycles. The van der Waals surface area contributed by atoms with Crippen LogP contribution in [0.3, 0.4) is 0 Å². The summed E-state index contributed by atoms with van der Waals surface area (Å²) >= 11 is 6.49. The van der Waals surface area contributed by atoms with Crippen molar-refractivity contribution < 1.29 is 4.79 Å². The Kier molecular flexibility index (Phi) is 2.84. The number of aromatic nitrogens is 1. The van der Waals surface area contributed by atoms with Crippen molar-refractivity contribution in [2.24, 2.45) is 4.99 Å². The number of amides is 1. The molecule has 92 valence electrons. The predicted molar refractivity (Wildman–Crippen MR) is 80.5 cm³/mol. The lowest BCUT2D eigenvalue weighted by Gasteiger charge is -2.10. The average Bonchev–Trinajstić information content (AvgIpc) is 2.80. The van der Waals surface area contributed by atoms with Gasteiger partial charge in [-0.15, -0.1) is 11.3 Å². The van der Waals surface area contributed by atoms with Crippen LogP contribution in [-0.2, 0) is 4.79 Å². The van der Waals surface area contributed by atoms with Crippen molar-refractivity contribution in [2.75, 3.05) is 0 Å². The molecule has 0 spiro atoms. The Hall–Kier alpha value is -0.720. The highest BCUT2D eigenvalue weighted by Gasteiger charge is 2.37. The Labute approximate surface area is 121 Å². The largest absolute Gasteiger partial charge is 0.271 e. The van der Waals surface area contributed by atoms with E-state index >= 15 is 0 Å². The second kappa shape index (κ2) is 4.15. The van der Waals surface area contributed by atoms with Gasteiger partial charge < -0.3 is 0 Å². The van der Waals surface area contributed by atoms with Gasteiger partial charge in [-0.3, -0.25) is 4.79 Å². The first-order valence-corrected chi connectivity index (χ1v) is 7.77. The molecule has 0 aliphatic carbocycles. The minimum atomic E-state index is -0.465. The monoisotopic (exact) mass is 340 g/mol. The zero-order valence-electron chi connectivity index (χ0n) is 9.73. The van der Waals surface area contributed by atoms with E-state index in [1.165, 1.54) is 11.8 Å². The van der Waals surface area contributed by atoms with Crippen LogP contribution >= 0.6 is 39.0 Å². The predicted octanol–water partition coefficient (Wildman–Crippen LogP) is 3.86. The van der Waals surface area contributed by atoms with Crippen molar-refractivity contribution in [3.05, 3.63) is 27.7 Å². The van der Waals surface area contributed by atoms with Crippen LogP contribution in [0.2, 0.25) is 0 Å². The fourth-order valence-corrected chi connectivity index (χ4v) is 4.15. The molecule has 1 amide bonds. The fraction of sp³-hybridized carbons (Fsp3) is 0.250. The third kappa shape index (κ3) is 2.02. The van der Waals surface area contributed by atoms with Gasteiger partial charge in [0.15, 0.2) is 0 Å². The second-order valence-electron chi connectivity index (χ2n) is 4.47. The van der Waals surface area contributed by atoms with Gasteiger partial charge >= 0.3 is 0 Å². The number of aliphatic imine (C=N–C) groups is 1. The number of nitrogens with zero attached hydrogens (tertiary/aromatic N) is 2. The zero-order chi connectivity index (χ0) is 12.9. The summed E-state index contributed by atoms with van der Waals surface area (Å²) < 4.78 is 1.66. The van der Waals surface area contributed by atoms with Crippen LogP contribution < -0.4 is 0 Å². The van der Waals surface area contributed by atoms with Gasteiger partial charge in [-0.1, -0.05) is 27.7 Å². The first kappa shape index (κ1) is 12.3. The number of halogens is 1. The molecule has 1 aliphatic rings. The average molecular weight is 341 g/mol. The van der Waals surface area contributed by atoms with Crippen LogP contribution in [0.5, 0.6) is 0 Å². The topological polar surface area (TPSA) is 42.3 Å². The summed E-state index contributed by atoms with van der Waals surface area (Å²) in [5.74, 6) is -0.0806. The van der Waals surface area contributed by atoms with Crippen LogP contribution in [0.25, 0.3) is 10.2 Å². The molecule has 3 rings (SSSR count). The van der Waals surface area contributed by atoms with Gasteiger partial charge in [0.05, 0.1) is 15.0 Å². The smallest absolute Gasteiger partial charge is 0.262 e. The quantitative estimate of drug-likeness (QED) is 0.791. The first-order valence-electron chi connectivity index (χ1n) is 5.34. The molecule has 6 heteroatoms. The van der Waals surface area contributed by atoms with Gasteiger partial charge in [0.25, 0.3) is 5.91 Å². The number of fused-ring (bicyclic) bond motifs is 1. The maximum atomic E-state index is 11.7. The van der Waals surface area contributed by atoms with Gasteiger partial charge in [-0.2, -0.15) is 0 Å². The van der Waals surface area contributed by atoms with E-state index in [0.717, 1.165) is 24.7 Å². The van der Waals surface area contributed by atoms with Crippen molar-refractivity contribution in [2.45, 2.75) is 18.6 Å². The van der Waals surface area contributed by atoms with Gasteiger partial charge in [-0.25, -0.2) is 9.98 Å². The molecule has 0 atom stereocenters. The molecule has 0 saturated heterocycles. The highest BCUT2D eigenvalue weighted by molar-refractivity contribution is 9.10. The first-order chi connectivity index (χ1) is 8.45. The van der Waals surface area contributed by atoms with Crippen molar-refractivity contribution in [1.82, 2.24) is 4.98 Å². The van der Waals surface area contributed by atoms with E-state index in [1.54, 1.807) is 11.3 Å². The number of carbonyl (C=O) groups excluding carboxylic acids is 1. The minimum absolute atomic E-state index is 0.0806.